The molecule has 1 atom stereocenters. The van der Waals surface area contributed by atoms with Crippen molar-refractivity contribution in [2.75, 3.05) is 4.90 Å². The Balaban J connectivity index is 1.77. The lowest BCUT2D eigenvalue weighted by atomic mass is 9.98. The number of anilines is 1. The number of aliphatic hydroxyl groups excluding tert-OH is 1. The Bertz CT molecular complexity index is 1370. The number of aromatic nitrogens is 1. The first kappa shape index (κ1) is 19.2. The third-order valence-electron chi connectivity index (χ3n) is 5.53. The molecule has 2 aromatic heterocycles. The molecule has 6 nitrogen and oxygen atoms in total. The summed E-state index contributed by atoms with van der Waals surface area (Å²) >= 11 is 6.19. The first-order chi connectivity index (χ1) is 15.0. The Labute approximate surface area is 182 Å². The largest absolute Gasteiger partial charge is 0.507 e. The number of benzene rings is 2. The fourth-order valence-electron chi connectivity index (χ4n) is 4.05. The zero-order chi connectivity index (χ0) is 21.7. The number of carbonyl (C=O) groups is 2. The maximum Gasteiger partial charge on any atom is 0.300 e. The van der Waals surface area contributed by atoms with Gasteiger partial charge in [-0.25, -0.2) is 0 Å². The van der Waals surface area contributed by atoms with Gasteiger partial charge in [0.15, 0.2) is 0 Å². The number of aromatic amines is 1. The fourth-order valence-corrected chi connectivity index (χ4v) is 4.22. The number of aliphatic hydroxyl groups is 1. The van der Waals surface area contributed by atoms with E-state index in [0.717, 1.165) is 16.5 Å². The van der Waals surface area contributed by atoms with Gasteiger partial charge in [-0.05, 0) is 42.8 Å². The van der Waals surface area contributed by atoms with Gasteiger partial charge in [0.1, 0.15) is 17.6 Å². The summed E-state index contributed by atoms with van der Waals surface area (Å²) < 4.78 is 5.59. The molecule has 7 heteroatoms. The van der Waals surface area contributed by atoms with E-state index in [-0.39, 0.29) is 11.3 Å². The van der Waals surface area contributed by atoms with E-state index in [0.29, 0.717) is 22.0 Å². The van der Waals surface area contributed by atoms with E-state index in [1.165, 1.54) is 11.2 Å². The molecule has 1 amide bonds. The fraction of sp³-hybridized carbons (Fsp3) is 0.0833. The average molecular weight is 433 g/mol. The lowest BCUT2D eigenvalue weighted by Crippen LogP contribution is -2.30. The second kappa shape index (κ2) is 7.18. The van der Waals surface area contributed by atoms with Crippen molar-refractivity contribution in [2.24, 2.45) is 0 Å². The van der Waals surface area contributed by atoms with Gasteiger partial charge in [0.05, 0.1) is 11.8 Å². The first-order valence-corrected chi connectivity index (χ1v) is 10.0. The molecule has 1 aliphatic heterocycles. The molecule has 0 bridgehead atoms. The standard InChI is InChI=1S/C24H17ClN2O4/c1-13-8-9-14(25)11-18(13)27-21(19-7-4-10-31-19)20(23(29)24(27)30)22(28)16-12-26-17-6-3-2-5-15(16)17/h2-12,21,26,28H,1H3/b22-20-. The Morgan fingerprint density at radius 2 is 1.94 bits per heavy atom. The van der Waals surface area contributed by atoms with Crippen molar-refractivity contribution in [1.29, 1.82) is 0 Å². The highest BCUT2D eigenvalue weighted by molar-refractivity contribution is 6.52. The van der Waals surface area contributed by atoms with Gasteiger partial charge in [-0.15, -0.1) is 0 Å². The molecule has 4 aromatic rings. The van der Waals surface area contributed by atoms with Gasteiger partial charge < -0.3 is 14.5 Å². The maximum atomic E-state index is 13.2. The Morgan fingerprint density at radius 1 is 1.13 bits per heavy atom. The Kier molecular flexibility index (Phi) is 4.45. The van der Waals surface area contributed by atoms with Crippen LogP contribution in [0.15, 0.2) is 77.0 Å². The Morgan fingerprint density at radius 3 is 2.71 bits per heavy atom. The quantitative estimate of drug-likeness (QED) is 0.259. The van der Waals surface area contributed by atoms with Crippen molar-refractivity contribution in [3.63, 3.8) is 0 Å². The minimum Gasteiger partial charge on any atom is -0.507 e. The number of nitrogens with one attached hydrogen (secondary N) is 1. The zero-order valence-corrected chi connectivity index (χ0v) is 17.2. The topological polar surface area (TPSA) is 86.5 Å². The van der Waals surface area contributed by atoms with E-state index in [1.807, 2.05) is 31.2 Å². The Hall–Kier alpha value is -3.77. The van der Waals surface area contributed by atoms with Gasteiger partial charge in [0.2, 0.25) is 0 Å². The number of furan rings is 1. The molecule has 31 heavy (non-hydrogen) atoms. The van der Waals surface area contributed by atoms with Crippen LogP contribution in [0.3, 0.4) is 0 Å². The molecule has 0 spiro atoms. The lowest BCUT2D eigenvalue weighted by Gasteiger charge is -2.25. The van der Waals surface area contributed by atoms with Crippen LogP contribution in [0.4, 0.5) is 5.69 Å². The molecule has 2 aromatic carbocycles. The SMILES string of the molecule is Cc1ccc(Cl)cc1N1C(=O)C(=O)/C(=C(\O)c2c[nH]c3ccccc23)C1c1ccco1. The predicted molar refractivity (Wildman–Crippen MR) is 118 cm³/mol. The van der Waals surface area contributed by atoms with Crippen molar-refractivity contribution >= 4 is 45.6 Å². The van der Waals surface area contributed by atoms with Gasteiger partial charge in [0, 0.05) is 33.4 Å². The predicted octanol–water partition coefficient (Wildman–Crippen LogP) is 5.35. The highest BCUT2D eigenvalue weighted by atomic mass is 35.5. The number of nitrogens with zero attached hydrogens (tertiary/aromatic N) is 1. The number of carbonyl (C=O) groups excluding carboxylic acids is 2. The van der Waals surface area contributed by atoms with Crippen LogP contribution in [0.2, 0.25) is 5.02 Å². The lowest BCUT2D eigenvalue weighted by molar-refractivity contribution is -0.132. The summed E-state index contributed by atoms with van der Waals surface area (Å²) in [5.74, 6) is -1.45. The molecule has 1 aliphatic rings. The molecule has 0 aliphatic carbocycles. The summed E-state index contributed by atoms with van der Waals surface area (Å²) in [6.45, 7) is 1.82. The molecule has 1 fully saturated rings. The number of hydrogen-bond acceptors (Lipinski definition) is 4. The third kappa shape index (κ3) is 2.95. The highest BCUT2D eigenvalue weighted by Gasteiger charge is 2.48. The van der Waals surface area contributed by atoms with E-state index in [4.69, 9.17) is 16.0 Å². The van der Waals surface area contributed by atoms with Crippen LogP contribution in [0.1, 0.15) is 22.9 Å². The van der Waals surface area contributed by atoms with Crippen LogP contribution in [0.25, 0.3) is 16.7 Å². The number of amides is 1. The van der Waals surface area contributed by atoms with Gasteiger partial charge in [-0.1, -0.05) is 35.9 Å². The maximum absolute atomic E-state index is 13.2. The van der Waals surface area contributed by atoms with E-state index in [9.17, 15) is 14.7 Å². The summed E-state index contributed by atoms with van der Waals surface area (Å²) in [5.41, 5.74) is 2.44. The van der Waals surface area contributed by atoms with E-state index in [1.54, 1.807) is 36.5 Å². The van der Waals surface area contributed by atoms with Crippen LogP contribution in [0.5, 0.6) is 0 Å². The number of H-pyrrole nitrogens is 1. The monoisotopic (exact) mass is 432 g/mol. The van der Waals surface area contributed by atoms with Crippen molar-refractivity contribution < 1.29 is 19.1 Å². The number of ketones is 1. The van der Waals surface area contributed by atoms with Crippen LogP contribution < -0.4 is 4.90 Å². The van der Waals surface area contributed by atoms with Crippen LogP contribution >= 0.6 is 11.6 Å². The van der Waals surface area contributed by atoms with Crippen LogP contribution in [0, 0.1) is 6.92 Å². The van der Waals surface area contributed by atoms with Crippen molar-refractivity contribution in [3.05, 3.63) is 94.5 Å². The molecule has 1 saturated heterocycles. The summed E-state index contributed by atoms with van der Waals surface area (Å²) in [5, 5.41) is 12.4. The second-order valence-corrected chi connectivity index (χ2v) is 7.80. The number of hydrogen-bond donors (Lipinski definition) is 2. The number of para-hydroxylation sites is 1. The number of rotatable bonds is 3. The molecule has 2 N–H and O–H groups in total. The molecule has 5 rings (SSSR count). The molecule has 154 valence electrons. The van der Waals surface area contributed by atoms with E-state index < -0.39 is 17.7 Å². The highest BCUT2D eigenvalue weighted by Crippen LogP contribution is 2.44. The summed E-state index contributed by atoms with van der Waals surface area (Å²) in [6.07, 6.45) is 3.09. The van der Waals surface area contributed by atoms with Gasteiger partial charge in [-0.2, -0.15) is 0 Å². The van der Waals surface area contributed by atoms with Gasteiger partial charge in [-0.3, -0.25) is 14.5 Å². The molecule has 0 radical (unpaired) electrons. The number of Topliss-reactive ketones (excluding diaryl/α,β-unsaturated/α-hetero) is 1. The molecular formula is C24H17ClN2O4. The first-order valence-electron chi connectivity index (χ1n) is 9.64. The van der Waals surface area contributed by atoms with Crippen molar-refractivity contribution in [2.45, 2.75) is 13.0 Å². The molecule has 3 heterocycles. The van der Waals surface area contributed by atoms with Gasteiger partial charge >= 0.3 is 0 Å². The average Bonchev–Trinajstić information content (AvgIpc) is 3.49. The summed E-state index contributed by atoms with van der Waals surface area (Å²) in [6, 6.07) is 14.9. The normalized spacial score (nSPS) is 18.3. The summed E-state index contributed by atoms with van der Waals surface area (Å²) in [7, 11) is 0. The second-order valence-electron chi connectivity index (χ2n) is 7.36. The molecular weight excluding hydrogens is 416 g/mol. The van der Waals surface area contributed by atoms with E-state index >= 15 is 0 Å². The number of fused-ring (bicyclic) bond motifs is 1. The smallest absolute Gasteiger partial charge is 0.300 e. The number of aryl methyl sites for hydroxylation is 1. The molecule has 0 saturated carbocycles. The van der Waals surface area contributed by atoms with Crippen LogP contribution in [-0.2, 0) is 9.59 Å². The molecule has 1 unspecified atom stereocenters. The van der Waals surface area contributed by atoms with Crippen molar-refractivity contribution in [3.8, 4) is 0 Å². The third-order valence-corrected chi connectivity index (χ3v) is 5.77. The summed E-state index contributed by atoms with van der Waals surface area (Å²) in [4.78, 5) is 30.8. The minimum absolute atomic E-state index is 0.0379. The van der Waals surface area contributed by atoms with Gasteiger partial charge in [0.25, 0.3) is 11.7 Å². The number of halogens is 1. The van der Waals surface area contributed by atoms with Crippen molar-refractivity contribution in [1.82, 2.24) is 4.98 Å². The van der Waals surface area contributed by atoms with Crippen LogP contribution in [-0.4, -0.2) is 21.8 Å². The minimum atomic E-state index is -0.930. The zero-order valence-electron chi connectivity index (χ0n) is 16.4. The van der Waals surface area contributed by atoms with E-state index in [2.05, 4.69) is 4.98 Å².